The molecule has 4 amide bonds. The lowest BCUT2D eigenvalue weighted by Gasteiger charge is -2.35. The molecule has 0 bridgehead atoms. The van der Waals surface area contributed by atoms with Crippen molar-refractivity contribution in [3.8, 4) is 0 Å². The summed E-state index contributed by atoms with van der Waals surface area (Å²) in [6.45, 7) is 2.78. The molecule has 24 heavy (non-hydrogen) atoms. The summed E-state index contributed by atoms with van der Waals surface area (Å²) >= 11 is 1.61. The van der Waals surface area contributed by atoms with Crippen LogP contribution in [0.4, 0.5) is 4.79 Å². The summed E-state index contributed by atoms with van der Waals surface area (Å²) in [6.07, 6.45) is 2.36. The Morgan fingerprint density at radius 1 is 1.38 bits per heavy atom. The van der Waals surface area contributed by atoms with E-state index in [4.69, 9.17) is 0 Å². The van der Waals surface area contributed by atoms with Gasteiger partial charge in [0.2, 0.25) is 0 Å². The molecular formula is C16H21N3O4S. The molecule has 1 aromatic heterocycles. The van der Waals surface area contributed by atoms with Gasteiger partial charge in [-0.05, 0) is 43.2 Å². The highest BCUT2D eigenvalue weighted by Crippen LogP contribution is 2.37. The van der Waals surface area contributed by atoms with E-state index >= 15 is 0 Å². The van der Waals surface area contributed by atoms with E-state index in [0.717, 1.165) is 28.2 Å². The number of hydrogen-bond acceptors (Lipinski definition) is 5. The number of aliphatic hydroxyl groups is 1. The monoisotopic (exact) mass is 351 g/mol. The smallest absolute Gasteiger partial charge is 0.324 e. The van der Waals surface area contributed by atoms with Crippen LogP contribution in [0.1, 0.15) is 30.2 Å². The lowest BCUT2D eigenvalue weighted by molar-refractivity contribution is -0.153. The van der Waals surface area contributed by atoms with Gasteiger partial charge in [-0.25, -0.2) is 4.79 Å². The van der Waals surface area contributed by atoms with Crippen LogP contribution in [-0.4, -0.2) is 58.9 Å². The van der Waals surface area contributed by atoms with Crippen LogP contribution in [0, 0.1) is 0 Å². The minimum Gasteiger partial charge on any atom is -0.383 e. The summed E-state index contributed by atoms with van der Waals surface area (Å²) in [5.74, 6) is -1.47. The summed E-state index contributed by atoms with van der Waals surface area (Å²) in [7, 11) is 0. The predicted octanol–water partition coefficient (Wildman–Crippen LogP) is 0.672. The van der Waals surface area contributed by atoms with Gasteiger partial charge >= 0.3 is 17.8 Å². The third kappa shape index (κ3) is 2.91. The first kappa shape index (κ1) is 16.9. The Labute approximate surface area is 144 Å². The lowest BCUT2D eigenvalue weighted by Crippen LogP contribution is -2.59. The average Bonchev–Trinajstić information content (AvgIpc) is 3.06. The van der Waals surface area contributed by atoms with Gasteiger partial charge in [0.1, 0.15) is 5.60 Å². The quantitative estimate of drug-likeness (QED) is 0.784. The van der Waals surface area contributed by atoms with Gasteiger partial charge in [0.25, 0.3) is 0 Å². The Balaban J connectivity index is 1.65. The number of imide groups is 1. The molecule has 0 spiro atoms. The Morgan fingerprint density at radius 3 is 2.92 bits per heavy atom. The first-order valence-electron chi connectivity index (χ1n) is 8.14. The second-order valence-electron chi connectivity index (χ2n) is 6.14. The molecule has 2 heterocycles. The highest BCUT2D eigenvalue weighted by atomic mass is 32.1. The Kier molecular flexibility index (Phi) is 4.60. The van der Waals surface area contributed by atoms with Crippen molar-refractivity contribution >= 4 is 29.2 Å². The molecule has 8 heteroatoms. The van der Waals surface area contributed by atoms with Crippen LogP contribution in [0.5, 0.6) is 0 Å². The van der Waals surface area contributed by atoms with Gasteiger partial charge < -0.3 is 15.3 Å². The molecular weight excluding hydrogens is 330 g/mol. The largest absolute Gasteiger partial charge is 0.383 e. The first-order valence-corrected chi connectivity index (χ1v) is 9.02. The number of thiophene rings is 1. The molecule has 3 rings (SSSR count). The Hall–Kier alpha value is -1.93. The van der Waals surface area contributed by atoms with Gasteiger partial charge in [0.15, 0.2) is 0 Å². The van der Waals surface area contributed by atoms with Gasteiger partial charge in [-0.15, -0.1) is 11.3 Å². The number of hydrogen-bond donors (Lipinski definition) is 2. The molecule has 2 N–H and O–H groups in total. The van der Waals surface area contributed by atoms with Gasteiger partial charge in [-0.1, -0.05) is 0 Å². The van der Waals surface area contributed by atoms with E-state index in [9.17, 15) is 19.5 Å². The topological polar surface area (TPSA) is 89.9 Å². The van der Waals surface area contributed by atoms with Gasteiger partial charge in [0.05, 0.1) is 6.54 Å². The van der Waals surface area contributed by atoms with Crippen molar-refractivity contribution in [3.05, 3.63) is 21.9 Å². The number of amides is 4. The summed E-state index contributed by atoms with van der Waals surface area (Å²) in [5, 5.41) is 15.4. The molecule has 0 aromatic carbocycles. The van der Waals surface area contributed by atoms with Crippen LogP contribution in [0.25, 0.3) is 0 Å². The molecule has 1 aliphatic heterocycles. The van der Waals surface area contributed by atoms with Crippen molar-refractivity contribution in [1.29, 1.82) is 0 Å². The molecule has 130 valence electrons. The molecule has 7 nitrogen and oxygen atoms in total. The van der Waals surface area contributed by atoms with Gasteiger partial charge in [0, 0.05) is 24.5 Å². The van der Waals surface area contributed by atoms with Crippen molar-refractivity contribution in [3.63, 3.8) is 0 Å². The predicted molar refractivity (Wildman–Crippen MR) is 88.5 cm³/mol. The number of likely N-dealkylation sites (N-methyl/N-ethyl adjacent to an activating group) is 1. The van der Waals surface area contributed by atoms with Crippen molar-refractivity contribution in [1.82, 2.24) is 15.1 Å². The van der Waals surface area contributed by atoms with Crippen LogP contribution < -0.4 is 5.32 Å². The van der Waals surface area contributed by atoms with Crippen LogP contribution in [0.3, 0.4) is 0 Å². The highest BCUT2D eigenvalue weighted by molar-refractivity contribution is 7.10. The number of carbonyl (C=O) groups is 3. The normalized spacial score (nSPS) is 24.1. The second-order valence-corrected chi connectivity index (χ2v) is 7.14. The van der Waals surface area contributed by atoms with E-state index in [-0.39, 0.29) is 13.1 Å². The molecule has 1 saturated heterocycles. The van der Waals surface area contributed by atoms with E-state index in [1.165, 1.54) is 4.90 Å². The van der Waals surface area contributed by atoms with Gasteiger partial charge in [-0.3, -0.25) is 14.5 Å². The van der Waals surface area contributed by atoms with Crippen molar-refractivity contribution in [2.45, 2.75) is 31.8 Å². The SMILES string of the molecule is CCN1CCN(C(=O)NCC2(O)CCCc3sccc32)C(=O)C1=O. The fraction of sp³-hybridized carbons (Fsp3) is 0.562. The summed E-state index contributed by atoms with van der Waals surface area (Å²) in [6, 6.07) is 1.26. The zero-order valence-corrected chi connectivity index (χ0v) is 14.4. The summed E-state index contributed by atoms with van der Waals surface area (Å²) in [4.78, 5) is 39.7. The molecule has 1 unspecified atom stereocenters. The highest BCUT2D eigenvalue weighted by Gasteiger charge is 2.38. The number of urea groups is 1. The van der Waals surface area contributed by atoms with Crippen LogP contribution in [0.15, 0.2) is 11.4 Å². The first-order chi connectivity index (χ1) is 11.5. The van der Waals surface area contributed by atoms with Crippen LogP contribution >= 0.6 is 11.3 Å². The van der Waals surface area contributed by atoms with E-state index in [0.29, 0.717) is 19.5 Å². The fourth-order valence-electron chi connectivity index (χ4n) is 3.30. The lowest BCUT2D eigenvalue weighted by atomic mass is 9.83. The number of fused-ring (bicyclic) bond motifs is 1. The number of nitrogens with zero attached hydrogens (tertiary/aromatic N) is 2. The maximum Gasteiger partial charge on any atom is 0.324 e. The van der Waals surface area contributed by atoms with E-state index in [1.807, 2.05) is 11.4 Å². The van der Waals surface area contributed by atoms with Crippen LogP contribution in [0.2, 0.25) is 0 Å². The zero-order valence-electron chi connectivity index (χ0n) is 13.6. The zero-order chi connectivity index (χ0) is 17.3. The fourth-order valence-corrected chi connectivity index (χ4v) is 4.31. The van der Waals surface area contributed by atoms with E-state index < -0.39 is 23.4 Å². The maximum atomic E-state index is 12.3. The third-order valence-electron chi connectivity index (χ3n) is 4.71. The minimum absolute atomic E-state index is 0.0328. The summed E-state index contributed by atoms with van der Waals surface area (Å²) in [5.41, 5.74) is -0.251. The number of carbonyl (C=O) groups excluding carboxylic acids is 3. The van der Waals surface area contributed by atoms with Crippen molar-refractivity contribution in [2.75, 3.05) is 26.2 Å². The number of nitrogens with one attached hydrogen (secondary N) is 1. The average molecular weight is 351 g/mol. The van der Waals surface area contributed by atoms with E-state index in [2.05, 4.69) is 5.32 Å². The third-order valence-corrected chi connectivity index (χ3v) is 5.69. The Morgan fingerprint density at radius 2 is 2.17 bits per heavy atom. The summed E-state index contributed by atoms with van der Waals surface area (Å²) < 4.78 is 0. The standard InChI is InChI=1S/C16H21N3O4S/c1-2-18-7-8-19(14(21)13(18)20)15(22)17-10-16(23)6-3-4-12-11(16)5-9-24-12/h5,9,23H,2-4,6-8,10H2,1H3,(H,17,22). The second kappa shape index (κ2) is 6.52. The molecule has 0 radical (unpaired) electrons. The molecule has 2 aliphatic rings. The molecule has 1 aliphatic carbocycles. The maximum absolute atomic E-state index is 12.3. The number of aryl methyl sites for hydroxylation is 1. The molecule has 1 fully saturated rings. The molecule has 1 aromatic rings. The van der Waals surface area contributed by atoms with Crippen molar-refractivity contribution in [2.24, 2.45) is 0 Å². The Bertz CT molecular complexity index is 674. The number of rotatable bonds is 3. The van der Waals surface area contributed by atoms with Gasteiger partial charge in [-0.2, -0.15) is 0 Å². The van der Waals surface area contributed by atoms with Crippen molar-refractivity contribution < 1.29 is 19.5 Å². The molecule has 1 atom stereocenters. The molecule has 0 saturated carbocycles. The number of piperazine rings is 1. The van der Waals surface area contributed by atoms with Crippen LogP contribution in [-0.2, 0) is 21.6 Å². The minimum atomic E-state index is -1.11. The van der Waals surface area contributed by atoms with E-state index in [1.54, 1.807) is 18.3 Å².